The molecular formula is C16H16Cl3N. The van der Waals surface area contributed by atoms with Gasteiger partial charge in [0.15, 0.2) is 0 Å². The Morgan fingerprint density at radius 3 is 2.00 bits per heavy atom. The van der Waals surface area contributed by atoms with Crippen LogP contribution in [0.25, 0.3) is 0 Å². The first-order chi connectivity index (χ1) is 9.50. The van der Waals surface area contributed by atoms with Crippen LogP contribution in [-0.2, 0) is 0 Å². The molecule has 0 saturated carbocycles. The summed E-state index contributed by atoms with van der Waals surface area (Å²) in [5.74, 6) is 0. The van der Waals surface area contributed by atoms with E-state index in [1.54, 1.807) is 6.07 Å². The van der Waals surface area contributed by atoms with E-state index < -0.39 is 0 Å². The van der Waals surface area contributed by atoms with Crippen LogP contribution in [0.2, 0.25) is 15.1 Å². The Morgan fingerprint density at radius 2 is 1.30 bits per heavy atom. The quantitative estimate of drug-likeness (QED) is 0.719. The molecule has 0 radical (unpaired) electrons. The molecule has 0 amide bonds. The third-order valence-corrected chi connectivity index (χ3v) is 4.50. The predicted octanol–water partition coefficient (Wildman–Crippen LogP) is 6.06. The van der Waals surface area contributed by atoms with Gasteiger partial charge in [-0.05, 0) is 37.1 Å². The SMILES string of the molecule is CC(N[C@@H](C)c1ccccc1Cl)c1cccc(Cl)c1Cl. The number of halogens is 3. The van der Waals surface area contributed by atoms with Crippen molar-refractivity contribution in [2.24, 2.45) is 0 Å². The average molecular weight is 329 g/mol. The zero-order valence-electron chi connectivity index (χ0n) is 11.3. The summed E-state index contributed by atoms with van der Waals surface area (Å²) in [6, 6.07) is 13.7. The molecule has 1 nitrogen and oxygen atoms in total. The zero-order chi connectivity index (χ0) is 14.7. The van der Waals surface area contributed by atoms with Gasteiger partial charge < -0.3 is 5.32 Å². The highest BCUT2D eigenvalue weighted by molar-refractivity contribution is 6.42. The van der Waals surface area contributed by atoms with Crippen LogP contribution in [0.1, 0.15) is 37.1 Å². The minimum Gasteiger partial charge on any atom is -0.304 e. The Bertz CT molecular complexity index is 598. The fourth-order valence-corrected chi connectivity index (χ4v) is 3.01. The van der Waals surface area contributed by atoms with Gasteiger partial charge in [-0.25, -0.2) is 0 Å². The van der Waals surface area contributed by atoms with Crippen molar-refractivity contribution < 1.29 is 0 Å². The van der Waals surface area contributed by atoms with Gasteiger partial charge in [0.1, 0.15) is 0 Å². The predicted molar refractivity (Wildman–Crippen MR) is 87.9 cm³/mol. The van der Waals surface area contributed by atoms with E-state index in [4.69, 9.17) is 34.8 Å². The summed E-state index contributed by atoms with van der Waals surface area (Å²) in [5.41, 5.74) is 2.05. The van der Waals surface area contributed by atoms with Crippen molar-refractivity contribution in [1.82, 2.24) is 5.32 Å². The van der Waals surface area contributed by atoms with Gasteiger partial charge in [-0.2, -0.15) is 0 Å². The summed E-state index contributed by atoms with van der Waals surface area (Å²) >= 11 is 18.5. The Kier molecular flexibility index (Phi) is 5.34. The largest absolute Gasteiger partial charge is 0.304 e. The van der Waals surface area contributed by atoms with Gasteiger partial charge in [-0.15, -0.1) is 0 Å². The van der Waals surface area contributed by atoms with Crippen LogP contribution in [-0.4, -0.2) is 0 Å². The Hall–Kier alpha value is -0.730. The summed E-state index contributed by atoms with van der Waals surface area (Å²) in [6.07, 6.45) is 0. The molecule has 0 aromatic heterocycles. The van der Waals surface area contributed by atoms with Crippen molar-refractivity contribution in [3.63, 3.8) is 0 Å². The minimum atomic E-state index is 0.0764. The molecule has 2 rings (SSSR count). The highest BCUT2D eigenvalue weighted by atomic mass is 35.5. The average Bonchev–Trinajstić information content (AvgIpc) is 2.42. The van der Waals surface area contributed by atoms with E-state index >= 15 is 0 Å². The maximum atomic E-state index is 6.25. The molecule has 20 heavy (non-hydrogen) atoms. The lowest BCUT2D eigenvalue weighted by molar-refractivity contribution is 0.495. The molecule has 1 N–H and O–H groups in total. The first-order valence-corrected chi connectivity index (χ1v) is 7.58. The number of nitrogens with one attached hydrogen (secondary N) is 1. The molecule has 0 spiro atoms. The van der Waals surface area contributed by atoms with Crippen LogP contribution in [0.15, 0.2) is 42.5 Å². The monoisotopic (exact) mass is 327 g/mol. The second-order valence-electron chi connectivity index (χ2n) is 4.77. The van der Waals surface area contributed by atoms with Crippen LogP contribution >= 0.6 is 34.8 Å². The molecule has 0 aliphatic heterocycles. The van der Waals surface area contributed by atoms with Gasteiger partial charge in [0.2, 0.25) is 0 Å². The topological polar surface area (TPSA) is 12.0 Å². The van der Waals surface area contributed by atoms with E-state index in [1.165, 1.54) is 0 Å². The highest BCUT2D eigenvalue weighted by Crippen LogP contribution is 2.31. The standard InChI is InChI=1S/C16H16Cl3N/c1-10(12-6-3-4-8-14(12)17)20-11(2)13-7-5-9-15(18)16(13)19/h3-11,20H,1-2H3/t10-,11?/m0/s1. The van der Waals surface area contributed by atoms with Crippen molar-refractivity contribution in [3.8, 4) is 0 Å². The van der Waals surface area contributed by atoms with Crippen LogP contribution in [0.4, 0.5) is 0 Å². The summed E-state index contributed by atoms with van der Waals surface area (Å²) in [4.78, 5) is 0. The van der Waals surface area contributed by atoms with E-state index in [0.29, 0.717) is 10.0 Å². The first kappa shape index (κ1) is 15.7. The number of hydrogen-bond acceptors (Lipinski definition) is 1. The van der Waals surface area contributed by atoms with Gasteiger partial charge >= 0.3 is 0 Å². The number of hydrogen-bond donors (Lipinski definition) is 1. The second kappa shape index (κ2) is 6.82. The van der Waals surface area contributed by atoms with Crippen LogP contribution in [0.3, 0.4) is 0 Å². The Labute approximate surface area is 134 Å². The Balaban J connectivity index is 2.17. The fraction of sp³-hybridized carbons (Fsp3) is 0.250. The molecule has 4 heteroatoms. The molecule has 0 aliphatic carbocycles. The molecule has 2 aromatic rings. The zero-order valence-corrected chi connectivity index (χ0v) is 13.6. The van der Waals surface area contributed by atoms with Crippen molar-refractivity contribution in [1.29, 1.82) is 0 Å². The third-order valence-electron chi connectivity index (χ3n) is 3.32. The molecule has 0 aliphatic rings. The second-order valence-corrected chi connectivity index (χ2v) is 5.97. The van der Waals surface area contributed by atoms with Crippen LogP contribution in [0, 0.1) is 0 Å². The maximum Gasteiger partial charge on any atom is 0.0639 e. The van der Waals surface area contributed by atoms with Crippen LogP contribution < -0.4 is 5.32 Å². The molecule has 2 aromatic carbocycles. The summed E-state index contributed by atoms with van der Waals surface area (Å²) in [7, 11) is 0. The van der Waals surface area contributed by atoms with Crippen LogP contribution in [0.5, 0.6) is 0 Å². The molecule has 0 heterocycles. The highest BCUT2D eigenvalue weighted by Gasteiger charge is 2.16. The van der Waals surface area contributed by atoms with Gasteiger partial charge in [-0.3, -0.25) is 0 Å². The van der Waals surface area contributed by atoms with Crippen molar-refractivity contribution in [3.05, 3.63) is 68.7 Å². The molecule has 2 atom stereocenters. The lowest BCUT2D eigenvalue weighted by Crippen LogP contribution is -2.23. The van der Waals surface area contributed by atoms with E-state index in [9.17, 15) is 0 Å². The number of benzene rings is 2. The molecular weight excluding hydrogens is 313 g/mol. The first-order valence-electron chi connectivity index (χ1n) is 6.45. The lowest BCUT2D eigenvalue weighted by Gasteiger charge is -2.22. The van der Waals surface area contributed by atoms with E-state index in [0.717, 1.165) is 16.1 Å². The van der Waals surface area contributed by atoms with Gasteiger partial charge in [0, 0.05) is 17.1 Å². The van der Waals surface area contributed by atoms with E-state index in [1.807, 2.05) is 36.4 Å². The number of rotatable bonds is 4. The molecule has 0 bridgehead atoms. The van der Waals surface area contributed by atoms with E-state index in [-0.39, 0.29) is 12.1 Å². The molecule has 0 saturated heterocycles. The fourth-order valence-electron chi connectivity index (χ4n) is 2.24. The molecule has 0 fully saturated rings. The van der Waals surface area contributed by atoms with E-state index in [2.05, 4.69) is 19.2 Å². The normalized spacial score (nSPS) is 14.1. The summed E-state index contributed by atoms with van der Waals surface area (Å²) in [5, 5.41) is 5.42. The summed E-state index contributed by atoms with van der Waals surface area (Å²) < 4.78 is 0. The Morgan fingerprint density at radius 1 is 0.750 bits per heavy atom. The summed E-state index contributed by atoms with van der Waals surface area (Å²) in [6.45, 7) is 4.14. The van der Waals surface area contributed by atoms with Crippen molar-refractivity contribution in [2.75, 3.05) is 0 Å². The van der Waals surface area contributed by atoms with Gasteiger partial charge in [0.25, 0.3) is 0 Å². The molecule has 1 unspecified atom stereocenters. The smallest absolute Gasteiger partial charge is 0.0639 e. The maximum absolute atomic E-state index is 6.25. The minimum absolute atomic E-state index is 0.0764. The van der Waals surface area contributed by atoms with Gasteiger partial charge in [0.05, 0.1) is 10.0 Å². The van der Waals surface area contributed by atoms with Crippen molar-refractivity contribution >= 4 is 34.8 Å². The third kappa shape index (κ3) is 3.48. The lowest BCUT2D eigenvalue weighted by atomic mass is 10.0. The molecule has 106 valence electrons. The van der Waals surface area contributed by atoms with Gasteiger partial charge in [-0.1, -0.05) is 65.1 Å². The van der Waals surface area contributed by atoms with Crippen molar-refractivity contribution in [2.45, 2.75) is 25.9 Å².